The van der Waals surface area contributed by atoms with E-state index in [0.29, 0.717) is 5.75 Å². The predicted octanol–water partition coefficient (Wildman–Crippen LogP) is 1.69. The van der Waals surface area contributed by atoms with Crippen LogP contribution >= 0.6 is 12.2 Å². The first-order chi connectivity index (χ1) is 6.33. The maximum Gasteiger partial charge on any atom is 0.292 e. The highest BCUT2D eigenvalue weighted by molar-refractivity contribution is 7.78. The van der Waals surface area contributed by atoms with Crippen molar-refractivity contribution in [2.45, 2.75) is 0 Å². The zero-order valence-electron chi connectivity index (χ0n) is 6.77. The van der Waals surface area contributed by atoms with E-state index in [1.165, 1.54) is 0 Å². The Bertz CT molecular complexity index is 331. The molecule has 0 radical (unpaired) electrons. The Morgan fingerprint density at radius 3 is 2.77 bits per heavy atom. The molecule has 1 rings (SSSR count). The Labute approximate surface area is 81.1 Å². The van der Waals surface area contributed by atoms with Gasteiger partial charge in [0.25, 0.3) is 5.91 Å². The summed E-state index contributed by atoms with van der Waals surface area (Å²) in [6, 6.07) is 9.03. The van der Waals surface area contributed by atoms with Crippen molar-refractivity contribution in [1.82, 2.24) is 0 Å². The van der Waals surface area contributed by atoms with Crippen molar-refractivity contribution in [3.63, 3.8) is 0 Å². The Balaban J connectivity index is 2.44. The van der Waals surface area contributed by atoms with Crippen LogP contribution in [0.25, 0.3) is 0 Å². The van der Waals surface area contributed by atoms with Crippen molar-refractivity contribution in [2.75, 3.05) is 6.61 Å². The van der Waals surface area contributed by atoms with E-state index in [0.717, 1.165) is 0 Å². The first kappa shape index (κ1) is 9.58. The van der Waals surface area contributed by atoms with E-state index < -0.39 is 5.91 Å². The third-order valence-corrected chi connectivity index (χ3v) is 1.37. The van der Waals surface area contributed by atoms with Crippen LogP contribution in [0.4, 0.5) is 0 Å². The van der Waals surface area contributed by atoms with Crippen molar-refractivity contribution < 1.29 is 9.53 Å². The summed E-state index contributed by atoms with van der Waals surface area (Å²) in [6.45, 7) is -0.104. The van der Waals surface area contributed by atoms with Crippen LogP contribution in [0.1, 0.15) is 0 Å². The molecule has 0 aliphatic heterocycles. The summed E-state index contributed by atoms with van der Waals surface area (Å²) >= 11 is 4.27. The number of carbonyl (C=O) groups excluding carboxylic acids is 1. The van der Waals surface area contributed by atoms with Crippen molar-refractivity contribution in [2.24, 2.45) is 4.99 Å². The van der Waals surface area contributed by atoms with Crippen molar-refractivity contribution in [3.8, 4) is 5.75 Å². The molecular formula is C9H7NO2S. The number of hydrogen-bond donors (Lipinski definition) is 0. The lowest BCUT2D eigenvalue weighted by Gasteiger charge is -2.00. The molecule has 1 amide bonds. The Morgan fingerprint density at radius 2 is 2.15 bits per heavy atom. The van der Waals surface area contributed by atoms with Gasteiger partial charge in [0.1, 0.15) is 5.75 Å². The van der Waals surface area contributed by atoms with E-state index in [1.807, 2.05) is 23.4 Å². The molecule has 66 valence electrons. The zero-order valence-corrected chi connectivity index (χ0v) is 7.58. The Kier molecular flexibility index (Phi) is 3.82. The summed E-state index contributed by atoms with van der Waals surface area (Å²) in [7, 11) is 0. The van der Waals surface area contributed by atoms with Gasteiger partial charge < -0.3 is 4.74 Å². The number of ether oxygens (including phenoxy) is 1. The molecule has 0 saturated heterocycles. The second-order valence-corrected chi connectivity index (χ2v) is 2.38. The number of carbonyl (C=O) groups is 1. The fraction of sp³-hybridized carbons (Fsp3) is 0.111. The van der Waals surface area contributed by atoms with Gasteiger partial charge in [0.2, 0.25) is 0 Å². The lowest BCUT2D eigenvalue weighted by molar-refractivity contribution is -0.119. The van der Waals surface area contributed by atoms with Gasteiger partial charge in [-0.2, -0.15) is 4.99 Å². The highest BCUT2D eigenvalue weighted by Crippen LogP contribution is 2.07. The molecule has 1 aromatic carbocycles. The SMILES string of the molecule is O=C(COc1ccccc1)N=C=S. The molecule has 0 bridgehead atoms. The van der Waals surface area contributed by atoms with Gasteiger partial charge in [-0.3, -0.25) is 4.79 Å². The van der Waals surface area contributed by atoms with E-state index in [-0.39, 0.29) is 6.61 Å². The van der Waals surface area contributed by atoms with Gasteiger partial charge in [-0.25, -0.2) is 0 Å². The molecule has 0 fully saturated rings. The summed E-state index contributed by atoms with van der Waals surface area (Å²) in [6.07, 6.45) is 0. The van der Waals surface area contributed by atoms with Crippen molar-refractivity contribution >= 4 is 23.3 Å². The first-order valence-electron chi connectivity index (χ1n) is 3.61. The number of thiocarbonyl (C=S) groups is 1. The minimum atomic E-state index is -0.432. The number of amides is 1. The average Bonchev–Trinajstić information content (AvgIpc) is 2.17. The molecule has 13 heavy (non-hydrogen) atoms. The van der Waals surface area contributed by atoms with E-state index >= 15 is 0 Å². The van der Waals surface area contributed by atoms with Crippen LogP contribution in [0, 0.1) is 0 Å². The maximum absolute atomic E-state index is 10.8. The second kappa shape index (κ2) is 5.19. The van der Waals surface area contributed by atoms with Crippen LogP contribution in [0.2, 0.25) is 0 Å². The molecule has 0 N–H and O–H groups in total. The second-order valence-electron chi connectivity index (χ2n) is 2.20. The largest absolute Gasteiger partial charge is 0.484 e. The van der Waals surface area contributed by atoms with E-state index in [4.69, 9.17) is 4.74 Å². The molecule has 0 aliphatic carbocycles. The van der Waals surface area contributed by atoms with E-state index in [2.05, 4.69) is 17.2 Å². The molecule has 0 heterocycles. The Morgan fingerprint density at radius 1 is 1.46 bits per heavy atom. The van der Waals surface area contributed by atoms with Gasteiger partial charge in [-0.1, -0.05) is 18.2 Å². The number of rotatable bonds is 3. The van der Waals surface area contributed by atoms with Gasteiger partial charge in [0, 0.05) is 0 Å². The molecule has 0 aliphatic rings. The third kappa shape index (κ3) is 3.60. The number of aliphatic imine (C=N–C) groups is 1. The monoisotopic (exact) mass is 193 g/mol. The van der Waals surface area contributed by atoms with Gasteiger partial charge in [-0.05, 0) is 24.4 Å². The van der Waals surface area contributed by atoms with Gasteiger partial charge in [-0.15, -0.1) is 0 Å². The average molecular weight is 193 g/mol. The van der Waals surface area contributed by atoms with Crippen LogP contribution in [-0.2, 0) is 4.79 Å². The van der Waals surface area contributed by atoms with Crippen LogP contribution in [0.5, 0.6) is 5.75 Å². The molecule has 4 heteroatoms. The smallest absolute Gasteiger partial charge is 0.292 e. The predicted molar refractivity (Wildman–Crippen MR) is 52.0 cm³/mol. The van der Waals surface area contributed by atoms with Crippen LogP contribution < -0.4 is 4.74 Å². The fourth-order valence-electron chi connectivity index (χ4n) is 0.745. The summed E-state index contributed by atoms with van der Waals surface area (Å²) in [5.41, 5.74) is 0. The molecule has 0 saturated carbocycles. The highest BCUT2D eigenvalue weighted by Gasteiger charge is 1.98. The summed E-state index contributed by atoms with van der Waals surface area (Å²) < 4.78 is 5.09. The third-order valence-electron chi connectivity index (χ3n) is 1.28. The Hall–Kier alpha value is -1.51. The normalized spacial score (nSPS) is 8.62. The lowest BCUT2D eigenvalue weighted by atomic mass is 10.3. The molecular weight excluding hydrogens is 186 g/mol. The minimum Gasteiger partial charge on any atom is -0.484 e. The maximum atomic E-state index is 10.8. The summed E-state index contributed by atoms with van der Waals surface area (Å²) in [5.74, 6) is 0.203. The summed E-state index contributed by atoms with van der Waals surface area (Å²) in [4.78, 5) is 14.0. The quantitative estimate of drug-likeness (QED) is 0.541. The molecule has 1 aromatic rings. The number of hydrogen-bond acceptors (Lipinski definition) is 3. The van der Waals surface area contributed by atoms with Gasteiger partial charge in [0.15, 0.2) is 6.61 Å². The van der Waals surface area contributed by atoms with Crippen molar-refractivity contribution in [3.05, 3.63) is 30.3 Å². The number of isothiocyanates is 1. The van der Waals surface area contributed by atoms with E-state index in [9.17, 15) is 4.79 Å². The fourth-order valence-corrected chi connectivity index (χ4v) is 0.847. The minimum absolute atomic E-state index is 0.104. The van der Waals surface area contributed by atoms with Crippen LogP contribution in [-0.4, -0.2) is 17.7 Å². The van der Waals surface area contributed by atoms with Crippen molar-refractivity contribution in [1.29, 1.82) is 0 Å². The zero-order chi connectivity index (χ0) is 9.52. The molecule has 0 aromatic heterocycles. The first-order valence-corrected chi connectivity index (χ1v) is 4.02. The molecule has 0 unspecified atom stereocenters. The standard InChI is InChI=1S/C9H7NO2S/c11-9(10-7-13)6-12-8-4-2-1-3-5-8/h1-5H,6H2. The lowest BCUT2D eigenvalue weighted by Crippen LogP contribution is -2.07. The highest BCUT2D eigenvalue weighted by atomic mass is 32.1. The molecule has 0 spiro atoms. The topological polar surface area (TPSA) is 38.7 Å². The number of nitrogens with zero attached hydrogens (tertiary/aromatic N) is 1. The van der Waals surface area contributed by atoms with Gasteiger partial charge >= 0.3 is 0 Å². The molecule has 3 nitrogen and oxygen atoms in total. The van der Waals surface area contributed by atoms with Crippen LogP contribution in [0.15, 0.2) is 35.3 Å². The van der Waals surface area contributed by atoms with Gasteiger partial charge in [0.05, 0.1) is 5.16 Å². The van der Waals surface area contributed by atoms with Crippen LogP contribution in [0.3, 0.4) is 0 Å². The summed E-state index contributed by atoms with van der Waals surface area (Å²) in [5, 5.41) is 1.98. The number of benzene rings is 1. The number of para-hydroxylation sites is 1. The van der Waals surface area contributed by atoms with E-state index in [1.54, 1.807) is 12.1 Å². The molecule has 0 atom stereocenters.